The number of nitrogens with zero attached hydrogens (tertiary/aromatic N) is 2. The number of allylic oxidation sites excluding steroid dienone is 2. The number of hydrogen-bond donors (Lipinski definition) is 1. The molecule has 2 amide bonds. The molecule has 1 saturated carbocycles. The molecule has 1 saturated heterocycles. The van der Waals surface area contributed by atoms with Crippen molar-refractivity contribution in [1.82, 2.24) is 15.4 Å². The van der Waals surface area contributed by atoms with Crippen LogP contribution in [0.1, 0.15) is 56.8 Å². The van der Waals surface area contributed by atoms with Gasteiger partial charge >= 0.3 is 0 Å². The number of carbonyl (C=O) groups is 2. The van der Waals surface area contributed by atoms with Crippen LogP contribution in [0, 0.1) is 24.2 Å². The van der Waals surface area contributed by atoms with Crippen molar-refractivity contribution in [3.63, 3.8) is 0 Å². The second-order valence-corrected chi connectivity index (χ2v) is 8.47. The van der Waals surface area contributed by atoms with E-state index in [4.69, 9.17) is 4.52 Å². The zero-order valence-electron chi connectivity index (χ0n) is 16.3. The Kier molecular flexibility index (Phi) is 4.95. The van der Waals surface area contributed by atoms with Gasteiger partial charge in [-0.1, -0.05) is 30.7 Å². The minimum Gasteiger partial charge on any atom is -0.351 e. The molecule has 1 aromatic heterocycles. The Balaban J connectivity index is 1.52. The molecule has 2 atom stereocenters. The smallest absolute Gasteiger partial charge is 0.290 e. The SMILES string of the molecule is CC(C)=C[C@@H]1[C@H](C(=O)N2CCC(NC(=O)c3cc(C)no3)CC2)C1(C)C. The van der Waals surface area contributed by atoms with E-state index < -0.39 is 0 Å². The van der Waals surface area contributed by atoms with Crippen LogP contribution in [-0.4, -0.2) is 41.0 Å². The van der Waals surface area contributed by atoms with Crippen molar-refractivity contribution in [2.24, 2.45) is 17.3 Å². The molecule has 1 aliphatic carbocycles. The Morgan fingerprint density at radius 1 is 1.31 bits per heavy atom. The fourth-order valence-electron chi connectivity index (χ4n) is 3.99. The fraction of sp³-hybridized carbons (Fsp3) is 0.650. The van der Waals surface area contributed by atoms with Crippen molar-refractivity contribution in [2.45, 2.75) is 53.5 Å². The predicted molar refractivity (Wildman–Crippen MR) is 98.5 cm³/mol. The van der Waals surface area contributed by atoms with Crippen LogP contribution in [-0.2, 0) is 4.79 Å². The van der Waals surface area contributed by atoms with E-state index >= 15 is 0 Å². The first-order chi connectivity index (χ1) is 12.2. The van der Waals surface area contributed by atoms with Crippen LogP contribution < -0.4 is 5.32 Å². The summed E-state index contributed by atoms with van der Waals surface area (Å²) in [7, 11) is 0. The number of nitrogens with one attached hydrogen (secondary N) is 1. The third-order valence-corrected chi connectivity index (χ3v) is 5.68. The lowest BCUT2D eigenvalue weighted by Gasteiger charge is -2.32. The Labute approximate surface area is 155 Å². The van der Waals surface area contributed by atoms with Crippen LogP contribution in [0.4, 0.5) is 0 Å². The molecule has 0 unspecified atom stereocenters. The zero-order valence-corrected chi connectivity index (χ0v) is 16.3. The first kappa shape index (κ1) is 18.7. The zero-order chi connectivity index (χ0) is 19.1. The summed E-state index contributed by atoms with van der Waals surface area (Å²) in [5, 5.41) is 6.72. The first-order valence-electron chi connectivity index (χ1n) is 9.38. The number of hydrogen-bond acceptors (Lipinski definition) is 4. The highest BCUT2D eigenvalue weighted by Gasteiger charge is 2.61. The molecule has 2 heterocycles. The number of aromatic nitrogens is 1. The highest BCUT2D eigenvalue weighted by atomic mass is 16.5. The van der Waals surface area contributed by atoms with E-state index in [9.17, 15) is 9.59 Å². The molecule has 1 N–H and O–H groups in total. The van der Waals surface area contributed by atoms with Gasteiger partial charge in [0.05, 0.1) is 11.6 Å². The summed E-state index contributed by atoms with van der Waals surface area (Å²) < 4.78 is 5.00. The van der Waals surface area contributed by atoms with Gasteiger partial charge in [-0.3, -0.25) is 9.59 Å². The molecular formula is C20H29N3O3. The van der Waals surface area contributed by atoms with E-state index in [1.165, 1.54) is 5.57 Å². The molecule has 26 heavy (non-hydrogen) atoms. The van der Waals surface area contributed by atoms with E-state index in [1.54, 1.807) is 13.0 Å². The third-order valence-electron chi connectivity index (χ3n) is 5.68. The number of amides is 2. The second-order valence-electron chi connectivity index (χ2n) is 8.47. The summed E-state index contributed by atoms with van der Waals surface area (Å²) in [6.45, 7) is 11.7. The molecule has 2 fully saturated rings. The Morgan fingerprint density at radius 3 is 2.50 bits per heavy atom. The van der Waals surface area contributed by atoms with E-state index in [0.29, 0.717) is 24.7 Å². The lowest BCUT2D eigenvalue weighted by molar-refractivity contribution is -0.134. The number of likely N-dealkylation sites (tertiary alicyclic amines) is 1. The summed E-state index contributed by atoms with van der Waals surface area (Å²) in [4.78, 5) is 27.0. The van der Waals surface area contributed by atoms with Crippen LogP contribution in [0.25, 0.3) is 0 Å². The summed E-state index contributed by atoms with van der Waals surface area (Å²) in [6.07, 6.45) is 3.77. The molecule has 0 spiro atoms. The average molecular weight is 359 g/mol. The molecule has 1 aromatic rings. The highest BCUT2D eigenvalue weighted by Crippen LogP contribution is 2.60. The summed E-state index contributed by atoms with van der Waals surface area (Å²) in [6, 6.07) is 1.70. The van der Waals surface area contributed by atoms with Gasteiger partial charge in [0.15, 0.2) is 0 Å². The van der Waals surface area contributed by atoms with Crippen molar-refractivity contribution >= 4 is 11.8 Å². The van der Waals surface area contributed by atoms with Crippen molar-refractivity contribution in [1.29, 1.82) is 0 Å². The maximum absolute atomic E-state index is 12.9. The van der Waals surface area contributed by atoms with E-state index in [2.05, 4.69) is 44.2 Å². The number of carbonyl (C=O) groups excluding carboxylic acids is 2. The third kappa shape index (κ3) is 3.69. The Morgan fingerprint density at radius 2 is 1.96 bits per heavy atom. The number of piperidine rings is 1. The van der Waals surface area contributed by atoms with Gasteiger partial charge in [0.25, 0.3) is 5.91 Å². The topological polar surface area (TPSA) is 75.4 Å². The normalized spacial score (nSPS) is 24.9. The lowest BCUT2D eigenvalue weighted by Crippen LogP contribution is -2.47. The average Bonchev–Trinajstić information content (AvgIpc) is 2.91. The molecule has 6 nitrogen and oxygen atoms in total. The molecule has 0 aromatic carbocycles. The maximum Gasteiger partial charge on any atom is 0.290 e. The van der Waals surface area contributed by atoms with Crippen molar-refractivity contribution < 1.29 is 14.1 Å². The number of aryl methyl sites for hydroxylation is 1. The summed E-state index contributed by atoms with van der Waals surface area (Å²) in [5.41, 5.74) is 2.00. The van der Waals surface area contributed by atoms with Gasteiger partial charge in [-0.2, -0.15) is 0 Å². The predicted octanol–water partition coefficient (Wildman–Crippen LogP) is 2.94. The molecule has 3 rings (SSSR count). The lowest BCUT2D eigenvalue weighted by atomic mass is 10.0. The van der Waals surface area contributed by atoms with E-state index in [-0.39, 0.29) is 34.9 Å². The minimum atomic E-state index is -0.234. The number of rotatable bonds is 4. The van der Waals surface area contributed by atoms with Gasteiger partial charge in [0, 0.05) is 25.2 Å². The van der Waals surface area contributed by atoms with Gasteiger partial charge in [-0.25, -0.2) is 0 Å². The van der Waals surface area contributed by atoms with Gasteiger partial charge in [-0.15, -0.1) is 0 Å². The standard InChI is InChI=1S/C20H29N3O3/c1-12(2)10-15-17(20(15,4)5)19(25)23-8-6-14(7-9-23)21-18(24)16-11-13(3)22-26-16/h10-11,14-15,17H,6-9H2,1-5H3,(H,21,24)/t15-,17-/m1/s1. The molecule has 0 radical (unpaired) electrons. The summed E-state index contributed by atoms with van der Waals surface area (Å²) in [5.74, 6) is 0.689. The van der Waals surface area contributed by atoms with Gasteiger partial charge in [0.1, 0.15) is 0 Å². The summed E-state index contributed by atoms with van der Waals surface area (Å²) >= 11 is 0. The molecule has 6 heteroatoms. The van der Waals surface area contributed by atoms with Crippen molar-refractivity contribution in [3.8, 4) is 0 Å². The van der Waals surface area contributed by atoms with Crippen LogP contribution in [0.3, 0.4) is 0 Å². The van der Waals surface area contributed by atoms with Crippen LogP contribution in [0.2, 0.25) is 0 Å². The van der Waals surface area contributed by atoms with Gasteiger partial charge in [-0.05, 0) is 44.9 Å². The van der Waals surface area contributed by atoms with Crippen molar-refractivity contribution in [2.75, 3.05) is 13.1 Å². The maximum atomic E-state index is 12.9. The molecular weight excluding hydrogens is 330 g/mol. The molecule has 1 aliphatic heterocycles. The van der Waals surface area contributed by atoms with Gasteiger partial charge < -0.3 is 14.7 Å². The highest BCUT2D eigenvalue weighted by molar-refractivity contribution is 5.91. The fourth-order valence-corrected chi connectivity index (χ4v) is 3.99. The largest absolute Gasteiger partial charge is 0.351 e. The van der Waals surface area contributed by atoms with E-state index in [1.807, 2.05) is 4.90 Å². The van der Waals surface area contributed by atoms with Crippen LogP contribution >= 0.6 is 0 Å². The molecule has 142 valence electrons. The Hall–Kier alpha value is -2.11. The monoisotopic (exact) mass is 359 g/mol. The van der Waals surface area contributed by atoms with Crippen molar-refractivity contribution in [3.05, 3.63) is 29.2 Å². The van der Waals surface area contributed by atoms with Crippen LogP contribution in [0.15, 0.2) is 22.2 Å². The van der Waals surface area contributed by atoms with Crippen LogP contribution in [0.5, 0.6) is 0 Å². The second kappa shape index (κ2) is 6.89. The quantitative estimate of drug-likeness (QED) is 0.839. The Bertz CT molecular complexity index is 722. The molecule has 2 aliphatic rings. The minimum absolute atomic E-state index is 0.0452. The molecule has 0 bridgehead atoms. The van der Waals surface area contributed by atoms with E-state index in [0.717, 1.165) is 12.8 Å². The first-order valence-corrected chi connectivity index (χ1v) is 9.38. The van der Waals surface area contributed by atoms with Gasteiger partial charge in [0.2, 0.25) is 11.7 Å².